The van der Waals surface area contributed by atoms with Gasteiger partial charge in [-0.15, -0.1) is 0 Å². The van der Waals surface area contributed by atoms with Crippen LogP contribution in [0.15, 0.2) is 30.3 Å². The number of nitrogens with one attached hydrogen (secondary N) is 1. The summed E-state index contributed by atoms with van der Waals surface area (Å²) in [5.74, 6) is -1.24. The van der Waals surface area contributed by atoms with Crippen molar-refractivity contribution in [3.63, 3.8) is 0 Å². The molecule has 0 spiro atoms. The van der Waals surface area contributed by atoms with Crippen molar-refractivity contribution in [2.24, 2.45) is 11.7 Å². The molecule has 0 bridgehead atoms. The molecule has 21 heavy (non-hydrogen) atoms. The fourth-order valence-electron chi connectivity index (χ4n) is 2.07. The lowest BCUT2D eigenvalue weighted by atomic mass is 10.0. The molecule has 5 heteroatoms. The Morgan fingerprint density at radius 1 is 1.24 bits per heavy atom. The smallest absolute Gasteiger partial charge is 0.326 e. The van der Waals surface area contributed by atoms with Gasteiger partial charge in [-0.25, -0.2) is 4.79 Å². The van der Waals surface area contributed by atoms with E-state index in [1.54, 1.807) is 0 Å². The minimum absolute atomic E-state index is 0.187. The van der Waals surface area contributed by atoms with Crippen molar-refractivity contribution >= 4 is 11.9 Å². The van der Waals surface area contributed by atoms with E-state index in [1.165, 1.54) is 0 Å². The third-order valence-electron chi connectivity index (χ3n) is 3.25. The van der Waals surface area contributed by atoms with Gasteiger partial charge in [0.1, 0.15) is 6.04 Å². The first-order valence-electron chi connectivity index (χ1n) is 7.22. The molecule has 1 rings (SSSR count). The largest absolute Gasteiger partial charge is 0.480 e. The normalized spacial score (nSPS) is 13.7. The van der Waals surface area contributed by atoms with Crippen molar-refractivity contribution in [1.82, 2.24) is 5.32 Å². The number of benzene rings is 1. The minimum Gasteiger partial charge on any atom is -0.480 e. The van der Waals surface area contributed by atoms with Crippen LogP contribution in [0.25, 0.3) is 0 Å². The van der Waals surface area contributed by atoms with Crippen molar-refractivity contribution in [3.8, 4) is 0 Å². The van der Waals surface area contributed by atoms with E-state index < -0.39 is 24.0 Å². The Kier molecular flexibility index (Phi) is 6.88. The zero-order chi connectivity index (χ0) is 15.8. The molecule has 0 aliphatic rings. The molecule has 1 amide bonds. The number of rotatable bonds is 8. The van der Waals surface area contributed by atoms with E-state index in [0.717, 1.165) is 5.56 Å². The third-order valence-corrected chi connectivity index (χ3v) is 3.25. The summed E-state index contributed by atoms with van der Waals surface area (Å²) in [5, 5.41) is 11.6. The average molecular weight is 292 g/mol. The number of aryl methyl sites for hydroxylation is 1. The van der Waals surface area contributed by atoms with Gasteiger partial charge in [0.25, 0.3) is 0 Å². The van der Waals surface area contributed by atoms with Crippen LogP contribution >= 0.6 is 0 Å². The second-order valence-corrected chi connectivity index (χ2v) is 5.66. The second kappa shape index (κ2) is 8.42. The van der Waals surface area contributed by atoms with Crippen LogP contribution in [0.1, 0.15) is 32.3 Å². The van der Waals surface area contributed by atoms with Crippen LogP contribution in [0, 0.1) is 5.92 Å². The predicted molar refractivity (Wildman–Crippen MR) is 81.8 cm³/mol. The zero-order valence-electron chi connectivity index (χ0n) is 12.6. The molecule has 0 aliphatic heterocycles. The van der Waals surface area contributed by atoms with Gasteiger partial charge in [0.05, 0.1) is 6.04 Å². The van der Waals surface area contributed by atoms with Crippen LogP contribution in [0.3, 0.4) is 0 Å². The lowest BCUT2D eigenvalue weighted by Gasteiger charge is -2.19. The number of carboxylic acids is 1. The molecule has 1 aromatic carbocycles. The van der Waals surface area contributed by atoms with Gasteiger partial charge in [0.15, 0.2) is 0 Å². The van der Waals surface area contributed by atoms with Crippen LogP contribution in [-0.4, -0.2) is 29.1 Å². The van der Waals surface area contributed by atoms with Gasteiger partial charge in [-0.05, 0) is 30.7 Å². The van der Waals surface area contributed by atoms with Crippen LogP contribution < -0.4 is 11.1 Å². The monoisotopic (exact) mass is 292 g/mol. The zero-order valence-corrected chi connectivity index (χ0v) is 12.6. The van der Waals surface area contributed by atoms with Gasteiger partial charge >= 0.3 is 5.97 Å². The number of carbonyl (C=O) groups is 2. The quantitative estimate of drug-likeness (QED) is 0.678. The topological polar surface area (TPSA) is 92.4 Å². The number of carboxylic acid groups (broad SMARTS) is 1. The first-order chi connectivity index (χ1) is 9.90. The maximum atomic E-state index is 12.0. The molecule has 0 aromatic heterocycles. The van der Waals surface area contributed by atoms with Crippen LogP contribution in [0.2, 0.25) is 0 Å². The van der Waals surface area contributed by atoms with E-state index in [1.807, 2.05) is 44.2 Å². The summed E-state index contributed by atoms with van der Waals surface area (Å²) in [6.07, 6.45) is 1.58. The minimum atomic E-state index is -1.02. The van der Waals surface area contributed by atoms with Crippen LogP contribution in [0.4, 0.5) is 0 Å². The molecule has 0 unspecified atom stereocenters. The summed E-state index contributed by atoms with van der Waals surface area (Å²) in [5.41, 5.74) is 6.95. The molecule has 1 aromatic rings. The van der Waals surface area contributed by atoms with E-state index in [-0.39, 0.29) is 5.92 Å². The maximum absolute atomic E-state index is 12.0. The number of nitrogens with two attached hydrogens (primary N) is 1. The van der Waals surface area contributed by atoms with Gasteiger partial charge in [-0.2, -0.15) is 0 Å². The van der Waals surface area contributed by atoms with Crippen molar-refractivity contribution in [2.45, 2.75) is 45.2 Å². The number of amides is 1. The molecule has 4 N–H and O–H groups in total. The molecular weight excluding hydrogens is 268 g/mol. The number of hydrogen-bond donors (Lipinski definition) is 3. The highest BCUT2D eigenvalue weighted by Gasteiger charge is 2.23. The van der Waals surface area contributed by atoms with E-state index >= 15 is 0 Å². The van der Waals surface area contributed by atoms with Gasteiger partial charge in [0, 0.05) is 0 Å². The lowest BCUT2D eigenvalue weighted by molar-refractivity contribution is -0.142. The lowest BCUT2D eigenvalue weighted by Crippen LogP contribution is -2.49. The van der Waals surface area contributed by atoms with Gasteiger partial charge in [-0.3, -0.25) is 4.79 Å². The highest BCUT2D eigenvalue weighted by molar-refractivity contribution is 5.86. The van der Waals surface area contributed by atoms with Gasteiger partial charge < -0.3 is 16.2 Å². The number of hydrogen-bond acceptors (Lipinski definition) is 3. The Morgan fingerprint density at radius 2 is 1.86 bits per heavy atom. The summed E-state index contributed by atoms with van der Waals surface area (Å²) >= 11 is 0. The number of carbonyl (C=O) groups excluding carboxylic acids is 1. The Balaban J connectivity index is 2.47. The molecule has 5 nitrogen and oxygen atoms in total. The van der Waals surface area contributed by atoms with Crippen LogP contribution in [0.5, 0.6) is 0 Å². The highest BCUT2D eigenvalue weighted by Crippen LogP contribution is 2.07. The fourth-order valence-corrected chi connectivity index (χ4v) is 2.07. The summed E-state index contributed by atoms with van der Waals surface area (Å²) in [6.45, 7) is 3.83. The molecule has 0 aliphatic carbocycles. The summed E-state index contributed by atoms with van der Waals surface area (Å²) in [7, 11) is 0. The molecule has 0 saturated carbocycles. The standard InChI is InChI=1S/C16H24N2O3/c1-11(2)10-14(16(20)21)18-15(19)13(17)9-8-12-6-4-3-5-7-12/h3-7,11,13-14H,8-10,17H2,1-2H3,(H,18,19)(H,20,21)/t13-,14+/m0/s1. The third kappa shape index (κ3) is 6.40. The van der Waals surface area contributed by atoms with E-state index in [2.05, 4.69) is 5.32 Å². The second-order valence-electron chi connectivity index (χ2n) is 5.66. The summed E-state index contributed by atoms with van der Waals surface area (Å²) in [4.78, 5) is 23.1. The Morgan fingerprint density at radius 3 is 2.38 bits per heavy atom. The maximum Gasteiger partial charge on any atom is 0.326 e. The first-order valence-corrected chi connectivity index (χ1v) is 7.22. The molecule has 116 valence electrons. The highest BCUT2D eigenvalue weighted by atomic mass is 16.4. The molecule has 0 heterocycles. The average Bonchev–Trinajstić information content (AvgIpc) is 2.44. The SMILES string of the molecule is CC(C)C[C@@H](NC(=O)[C@@H](N)CCc1ccccc1)C(=O)O. The van der Waals surface area contributed by atoms with Crippen molar-refractivity contribution in [3.05, 3.63) is 35.9 Å². The molecule has 0 saturated heterocycles. The summed E-state index contributed by atoms with van der Waals surface area (Å²) < 4.78 is 0. The number of aliphatic carboxylic acids is 1. The van der Waals surface area contributed by atoms with E-state index in [0.29, 0.717) is 19.3 Å². The molecule has 0 fully saturated rings. The van der Waals surface area contributed by atoms with Gasteiger partial charge in [-0.1, -0.05) is 44.2 Å². The van der Waals surface area contributed by atoms with Gasteiger partial charge in [0.2, 0.25) is 5.91 Å². The predicted octanol–water partition coefficient (Wildman–Crippen LogP) is 1.56. The van der Waals surface area contributed by atoms with Crippen molar-refractivity contribution in [1.29, 1.82) is 0 Å². The Bertz CT molecular complexity index is 460. The van der Waals surface area contributed by atoms with Crippen molar-refractivity contribution < 1.29 is 14.7 Å². The molecule has 0 radical (unpaired) electrons. The fraction of sp³-hybridized carbons (Fsp3) is 0.500. The van der Waals surface area contributed by atoms with Crippen molar-refractivity contribution in [2.75, 3.05) is 0 Å². The summed E-state index contributed by atoms with van der Waals surface area (Å²) in [6, 6.07) is 8.18. The molecular formula is C16H24N2O3. The first kappa shape index (κ1) is 17.2. The van der Waals surface area contributed by atoms with E-state index in [9.17, 15) is 9.59 Å². The van der Waals surface area contributed by atoms with E-state index in [4.69, 9.17) is 10.8 Å². The Labute approximate surface area is 125 Å². The molecule has 2 atom stereocenters. The Hall–Kier alpha value is -1.88. The van der Waals surface area contributed by atoms with Crippen LogP contribution in [-0.2, 0) is 16.0 Å².